The maximum absolute atomic E-state index is 4.56. The van der Waals surface area contributed by atoms with Crippen molar-refractivity contribution in [3.63, 3.8) is 0 Å². The molecule has 3 aromatic carbocycles. The number of hydrogen-bond acceptors (Lipinski definition) is 1. The van der Waals surface area contributed by atoms with Crippen molar-refractivity contribution in [2.75, 3.05) is 0 Å². The van der Waals surface area contributed by atoms with Gasteiger partial charge in [0.25, 0.3) is 0 Å². The number of halogens is 1. The zero-order valence-electron chi connectivity index (χ0n) is 13.1. The van der Waals surface area contributed by atoms with Crippen molar-refractivity contribution < 1.29 is 0 Å². The largest absolute Gasteiger partial charge is 0.257 e. The van der Waals surface area contributed by atoms with E-state index in [0.29, 0.717) is 0 Å². The molecule has 0 radical (unpaired) electrons. The standard InChI is InChI=1S/C22H16BrN/c23-22-20-11-5-4-10-18(20)19-13-12-17(15-21(19)22)24-14-6-9-16-7-2-1-3-8-16/h1-15,22H/b9-6-,24-14?/t22-/m1/s1. The summed E-state index contributed by atoms with van der Waals surface area (Å²) >= 11 is 3.82. The monoisotopic (exact) mass is 373 g/mol. The molecule has 0 aromatic heterocycles. The quantitative estimate of drug-likeness (QED) is 0.363. The van der Waals surface area contributed by atoms with Crippen LogP contribution < -0.4 is 0 Å². The van der Waals surface area contributed by atoms with Gasteiger partial charge in [-0.25, -0.2) is 0 Å². The van der Waals surface area contributed by atoms with Gasteiger partial charge in [-0.3, -0.25) is 4.99 Å². The van der Waals surface area contributed by atoms with Crippen molar-refractivity contribution in [3.8, 4) is 11.1 Å². The number of hydrogen-bond donors (Lipinski definition) is 0. The Balaban J connectivity index is 1.57. The minimum absolute atomic E-state index is 0.249. The van der Waals surface area contributed by atoms with Gasteiger partial charge < -0.3 is 0 Å². The van der Waals surface area contributed by atoms with Crippen molar-refractivity contribution in [3.05, 3.63) is 95.6 Å². The van der Waals surface area contributed by atoms with Crippen LogP contribution in [0.15, 0.2) is 83.9 Å². The highest BCUT2D eigenvalue weighted by molar-refractivity contribution is 9.09. The SMILES string of the molecule is Br[C@@H]1c2ccccc2-c2ccc(N=C/C=C\c3ccccc3)cc21. The second kappa shape index (κ2) is 6.58. The van der Waals surface area contributed by atoms with Crippen LogP contribution in [-0.2, 0) is 0 Å². The molecule has 0 saturated heterocycles. The van der Waals surface area contributed by atoms with E-state index in [1.54, 1.807) is 0 Å². The summed E-state index contributed by atoms with van der Waals surface area (Å²) in [5, 5.41) is 0. The lowest BCUT2D eigenvalue weighted by Crippen LogP contribution is -1.84. The molecule has 0 unspecified atom stereocenters. The predicted molar refractivity (Wildman–Crippen MR) is 106 cm³/mol. The average Bonchev–Trinajstić information content (AvgIpc) is 2.92. The Morgan fingerprint density at radius 3 is 2.42 bits per heavy atom. The molecule has 1 aliphatic carbocycles. The Labute approximate surface area is 150 Å². The van der Waals surface area contributed by atoms with Gasteiger partial charge in [0.15, 0.2) is 0 Å². The highest BCUT2D eigenvalue weighted by atomic mass is 79.9. The highest BCUT2D eigenvalue weighted by Crippen LogP contribution is 2.48. The third-order valence-corrected chi connectivity index (χ3v) is 5.22. The van der Waals surface area contributed by atoms with Crippen molar-refractivity contribution >= 4 is 33.9 Å². The van der Waals surface area contributed by atoms with E-state index >= 15 is 0 Å². The maximum Gasteiger partial charge on any atom is 0.0657 e. The van der Waals surface area contributed by atoms with Crippen molar-refractivity contribution in [1.82, 2.24) is 0 Å². The molecule has 0 bridgehead atoms. The lowest BCUT2D eigenvalue weighted by Gasteiger charge is -2.04. The van der Waals surface area contributed by atoms with E-state index in [9.17, 15) is 0 Å². The fraction of sp³-hybridized carbons (Fsp3) is 0.0455. The van der Waals surface area contributed by atoms with Gasteiger partial charge in [0.05, 0.1) is 10.5 Å². The molecule has 0 amide bonds. The average molecular weight is 374 g/mol. The van der Waals surface area contributed by atoms with Crippen LogP contribution in [0.1, 0.15) is 21.5 Å². The maximum atomic E-state index is 4.56. The number of alkyl halides is 1. The van der Waals surface area contributed by atoms with Crippen LogP contribution in [0.3, 0.4) is 0 Å². The lowest BCUT2D eigenvalue weighted by molar-refractivity contribution is 1.24. The molecule has 116 valence electrons. The van der Waals surface area contributed by atoms with Gasteiger partial charge in [-0.2, -0.15) is 0 Å². The minimum atomic E-state index is 0.249. The lowest BCUT2D eigenvalue weighted by atomic mass is 10.1. The molecule has 3 aromatic rings. The molecule has 0 spiro atoms. The normalized spacial score (nSPS) is 15.8. The Bertz CT molecular complexity index is 926. The van der Waals surface area contributed by atoms with Gasteiger partial charge in [0.2, 0.25) is 0 Å². The molecular weight excluding hydrogens is 358 g/mol. The van der Waals surface area contributed by atoms with Crippen molar-refractivity contribution in [1.29, 1.82) is 0 Å². The van der Waals surface area contributed by atoms with Crippen LogP contribution in [-0.4, -0.2) is 6.21 Å². The zero-order valence-corrected chi connectivity index (χ0v) is 14.6. The summed E-state index contributed by atoms with van der Waals surface area (Å²) in [6.07, 6.45) is 5.88. The van der Waals surface area contributed by atoms with E-state index < -0.39 is 0 Å². The van der Waals surface area contributed by atoms with Crippen LogP contribution in [0, 0.1) is 0 Å². The fourth-order valence-corrected chi connectivity index (χ4v) is 3.84. The molecule has 0 heterocycles. The number of fused-ring (bicyclic) bond motifs is 3. The van der Waals surface area contributed by atoms with Crippen LogP contribution in [0.5, 0.6) is 0 Å². The summed E-state index contributed by atoms with van der Waals surface area (Å²) in [6, 6.07) is 25.2. The summed E-state index contributed by atoms with van der Waals surface area (Å²) in [7, 11) is 0. The zero-order chi connectivity index (χ0) is 16.4. The van der Waals surface area contributed by atoms with Gasteiger partial charge in [-0.15, -0.1) is 0 Å². The van der Waals surface area contributed by atoms with E-state index in [1.165, 1.54) is 27.8 Å². The van der Waals surface area contributed by atoms with Crippen LogP contribution in [0.4, 0.5) is 5.69 Å². The molecule has 0 aliphatic heterocycles. The molecule has 4 rings (SSSR count). The molecule has 24 heavy (non-hydrogen) atoms. The summed E-state index contributed by atoms with van der Waals surface area (Å²) in [4.78, 5) is 4.81. The van der Waals surface area contributed by atoms with Crippen molar-refractivity contribution in [2.45, 2.75) is 4.83 Å². The highest BCUT2D eigenvalue weighted by Gasteiger charge is 2.26. The minimum Gasteiger partial charge on any atom is -0.257 e. The number of rotatable bonds is 3. The van der Waals surface area contributed by atoms with Gasteiger partial charge in [0.1, 0.15) is 0 Å². The first-order valence-electron chi connectivity index (χ1n) is 7.96. The predicted octanol–water partition coefficient (Wildman–Crippen LogP) is 6.57. The molecule has 0 saturated carbocycles. The number of benzene rings is 3. The Morgan fingerprint density at radius 2 is 1.54 bits per heavy atom. The van der Waals surface area contributed by atoms with E-state index in [-0.39, 0.29) is 4.83 Å². The third-order valence-electron chi connectivity index (χ3n) is 4.23. The van der Waals surface area contributed by atoms with E-state index in [4.69, 9.17) is 0 Å². The summed E-state index contributed by atoms with van der Waals surface area (Å²) in [5.41, 5.74) is 7.38. The second-order valence-electron chi connectivity index (χ2n) is 5.77. The van der Waals surface area contributed by atoms with Gasteiger partial charge in [-0.1, -0.05) is 82.7 Å². The molecular formula is C22H16BrN. The van der Waals surface area contributed by atoms with E-state index in [1.807, 2.05) is 30.5 Å². The smallest absolute Gasteiger partial charge is 0.0657 e. The number of allylic oxidation sites excluding steroid dienone is 1. The Kier molecular flexibility index (Phi) is 4.14. The molecule has 2 heteroatoms. The van der Waals surface area contributed by atoms with Gasteiger partial charge in [-0.05, 0) is 46.0 Å². The molecule has 1 atom stereocenters. The summed E-state index contributed by atoms with van der Waals surface area (Å²) in [6.45, 7) is 0. The second-order valence-corrected chi connectivity index (χ2v) is 6.69. The third kappa shape index (κ3) is 2.85. The first kappa shape index (κ1) is 15.1. The topological polar surface area (TPSA) is 12.4 Å². The Morgan fingerprint density at radius 1 is 0.792 bits per heavy atom. The van der Waals surface area contributed by atoms with Gasteiger partial charge in [0, 0.05) is 6.21 Å². The van der Waals surface area contributed by atoms with E-state index in [0.717, 1.165) is 5.69 Å². The number of nitrogens with zero attached hydrogens (tertiary/aromatic N) is 1. The first-order chi connectivity index (χ1) is 11.8. The molecule has 0 N–H and O–H groups in total. The summed E-state index contributed by atoms with van der Waals surface area (Å²) < 4.78 is 0. The van der Waals surface area contributed by atoms with Gasteiger partial charge >= 0.3 is 0 Å². The van der Waals surface area contributed by atoms with Crippen LogP contribution >= 0.6 is 15.9 Å². The molecule has 1 aliphatic rings. The van der Waals surface area contributed by atoms with Crippen molar-refractivity contribution in [2.24, 2.45) is 4.99 Å². The van der Waals surface area contributed by atoms with Crippen LogP contribution in [0.2, 0.25) is 0 Å². The number of aliphatic imine (C=N–C) groups is 1. The Hall–Kier alpha value is -2.45. The van der Waals surface area contributed by atoms with E-state index in [2.05, 4.69) is 81.6 Å². The summed E-state index contributed by atoms with van der Waals surface area (Å²) in [5.74, 6) is 0. The van der Waals surface area contributed by atoms with Crippen LogP contribution in [0.25, 0.3) is 17.2 Å². The molecule has 1 nitrogen and oxygen atoms in total. The first-order valence-corrected chi connectivity index (χ1v) is 8.87. The molecule has 0 fully saturated rings. The fourth-order valence-electron chi connectivity index (χ4n) is 3.06.